The highest BCUT2D eigenvalue weighted by Crippen LogP contribution is 2.38. The lowest BCUT2D eigenvalue weighted by Crippen LogP contribution is -2.34. The second-order valence-corrected chi connectivity index (χ2v) is 10.0. The van der Waals surface area contributed by atoms with Gasteiger partial charge >= 0.3 is 0 Å². The summed E-state index contributed by atoms with van der Waals surface area (Å²) in [4.78, 5) is 15.7. The third-order valence-corrected chi connectivity index (χ3v) is 7.51. The van der Waals surface area contributed by atoms with E-state index >= 15 is 0 Å². The second kappa shape index (κ2) is 13.5. The molecule has 1 amide bonds. The Hall–Kier alpha value is -3.48. The number of hydrogen-bond donors (Lipinski definition) is 1. The van der Waals surface area contributed by atoms with Gasteiger partial charge in [-0.05, 0) is 60.8 Å². The first-order chi connectivity index (χ1) is 18.6. The highest BCUT2D eigenvalue weighted by molar-refractivity contribution is 5.87. The molecule has 0 bridgehead atoms. The van der Waals surface area contributed by atoms with E-state index in [-0.39, 0.29) is 24.2 Å². The van der Waals surface area contributed by atoms with Crippen molar-refractivity contribution in [3.63, 3.8) is 0 Å². The van der Waals surface area contributed by atoms with Gasteiger partial charge in [-0.3, -0.25) is 4.79 Å². The van der Waals surface area contributed by atoms with Gasteiger partial charge in [0, 0.05) is 55.1 Å². The van der Waals surface area contributed by atoms with Crippen molar-refractivity contribution < 1.29 is 14.3 Å². The van der Waals surface area contributed by atoms with Gasteiger partial charge in [-0.2, -0.15) is 0 Å². The summed E-state index contributed by atoms with van der Waals surface area (Å²) in [6, 6.07) is 24.8. The molecule has 0 aliphatic carbocycles. The minimum Gasteiger partial charge on any atom is -0.497 e. The lowest BCUT2D eigenvalue weighted by Gasteiger charge is -2.20. The maximum Gasteiger partial charge on any atom is 0.220 e. The van der Waals surface area contributed by atoms with Gasteiger partial charge in [-0.1, -0.05) is 48.5 Å². The van der Waals surface area contributed by atoms with Crippen LogP contribution in [0.15, 0.2) is 79.0 Å². The molecule has 4 aromatic rings. The molecule has 39 heavy (non-hydrogen) atoms. The molecule has 1 aliphatic rings. The van der Waals surface area contributed by atoms with Gasteiger partial charge < -0.3 is 24.3 Å². The lowest BCUT2D eigenvalue weighted by atomic mass is 9.87. The molecule has 3 aromatic carbocycles. The zero-order chi connectivity index (χ0) is 26.3. The van der Waals surface area contributed by atoms with Crippen molar-refractivity contribution in [2.24, 2.45) is 0 Å². The fourth-order valence-electron chi connectivity index (χ4n) is 5.52. The molecule has 206 valence electrons. The molecule has 1 saturated heterocycles. The molecule has 0 saturated carbocycles. The van der Waals surface area contributed by atoms with Crippen LogP contribution in [0.5, 0.6) is 11.5 Å². The molecule has 1 aromatic heterocycles. The standard InChI is InChI=1S/C32H37N3O3.ClH/c1-37-26-18-25(19-27(20-26)38-2)29(21-32(36)33-14-17-34-15-8-9-16-34)30-23-35(22-24-10-4-3-5-11-24)31-13-7-6-12-28(30)31;/h3-7,10-13,18-20,23,29H,8-9,14-17,21-22H2,1-2H3,(H,33,36);1H. The van der Waals surface area contributed by atoms with Gasteiger partial charge in [0.05, 0.1) is 14.2 Å². The van der Waals surface area contributed by atoms with E-state index < -0.39 is 0 Å². The molecular weight excluding hydrogens is 510 g/mol. The number of rotatable bonds is 11. The summed E-state index contributed by atoms with van der Waals surface area (Å²) < 4.78 is 13.5. The van der Waals surface area contributed by atoms with Crippen molar-refractivity contribution in [1.29, 1.82) is 0 Å². The Balaban J connectivity index is 0.00000353. The number of likely N-dealkylation sites (tertiary alicyclic amines) is 1. The van der Waals surface area contributed by atoms with Crippen molar-refractivity contribution in [3.8, 4) is 11.5 Å². The number of carbonyl (C=O) groups excluding carboxylic acids is 1. The minimum absolute atomic E-state index is 0. The van der Waals surface area contributed by atoms with E-state index in [0.29, 0.717) is 24.5 Å². The fraction of sp³-hybridized carbons (Fsp3) is 0.344. The van der Waals surface area contributed by atoms with Crippen LogP contribution in [0.2, 0.25) is 0 Å². The van der Waals surface area contributed by atoms with Crippen molar-refractivity contribution in [3.05, 3.63) is 95.7 Å². The third-order valence-electron chi connectivity index (χ3n) is 7.51. The molecule has 1 atom stereocenters. The molecule has 5 rings (SSSR count). The molecule has 1 N–H and O–H groups in total. The summed E-state index contributed by atoms with van der Waals surface area (Å²) in [6.07, 6.45) is 5.06. The molecule has 6 nitrogen and oxygen atoms in total. The molecule has 1 aliphatic heterocycles. The molecular formula is C32H38ClN3O3. The number of benzene rings is 3. The largest absolute Gasteiger partial charge is 0.497 e. The lowest BCUT2D eigenvalue weighted by molar-refractivity contribution is -0.121. The number of para-hydroxylation sites is 1. The Kier molecular flexibility index (Phi) is 9.90. The van der Waals surface area contributed by atoms with Crippen LogP contribution in [0.25, 0.3) is 10.9 Å². The van der Waals surface area contributed by atoms with Crippen LogP contribution in [0.4, 0.5) is 0 Å². The summed E-state index contributed by atoms with van der Waals surface area (Å²) in [6.45, 7) is 4.59. The fourth-order valence-corrected chi connectivity index (χ4v) is 5.52. The first-order valence-corrected chi connectivity index (χ1v) is 13.5. The van der Waals surface area contributed by atoms with Gasteiger partial charge in [-0.25, -0.2) is 0 Å². The number of hydrogen-bond acceptors (Lipinski definition) is 4. The van der Waals surface area contributed by atoms with Gasteiger partial charge in [0.15, 0.2) is 0 Å². The zero-order valence-corrected chi connectivity index (χ0v) is 23.6. The molecule has 1 unspecified atom stereocenters. The molecule has 1 fully saturated rings. The van der Waals surface area contributed by atoms with E-state index in [9.17, 15) is 4.79 Å². The first-order valence-electron chi connectivity index (χ1n) is 13.5. The van der Waals surface area contributed by atoms with E-state index in [0.717, 1.165) is 48.2 Å². The Bertz CT molecular complexity index is 1340. The number of ether oxygens (including phenoxy) is 2. The Labute approximate surface area is 237 Å². The zero-order valence-electron chi connectivity index (χ0n) is 22.8. The molecule has 7 heteroatoms. The summed E-state index contributed by atoms with van der Waals surface area (Å²) >= 11 is 0. The monoisotopic (exact) mass is 547 g/mol. The van der Waals surface area contributed by atoms with E-state index in [1.165, 1.54) is 18.4 Å². The van der Waals surface area contributed by atoms with Crippen molar-refractivity contribution >= 4 is 29.2 Å². The van der Waals surface area contributed by atoms with Crippen molar-refractivity contribution in [2.75, 3.05) is 40.4 Å². The molecule has 0 radical (unpaired) electrons. The number of carbonyl (C=O) groups is 1. The highest BCUT2D eigenvalue weighted by atomic mass is 35.5. The van der Waals surface area contributed by atoms with Crippen LogP contribution < -0.4 is 14.8 Å². The van der Waals surface area contributed by atoms with Crippen molar-refractivity contribution in [1.82, 2.24) is 14.8 Å². The van der Waals surface area contributed by atoms with Gasteiger partial charge in [0.2, 0.25) is 5.91 Å². The van der Waals surface area contributed by atoms with Gasteiger partial charge in [0.1, 0.15) is 11.5 Å². The normalized spacial score (nSPS) is 14.1. The Morgan fingerprint density at radius 2 is 1.59 bits per heavy atom. The summed E-state index contributed by atoms with van der Waals surface area (Å²) in [5.41, 5.74) is 4.51. The predicted octanol–water partition coefficient (Wildman–Crippen LogP) is 5.86. The Morgan fingerprint density at radius 1 is 0.923 bits per heavy atom. The van der Waals surface area contributed by atoms with Crippen LogP contribution in [0.3, 0.4) is 0 Å². The minimum atomic E-state index is -0.160. The smallest absolute Gasteiger partial charge is 0.220 e. The number of nitrogens with one attached hydrogen (secondary N) is 1. The van der Waals surface area contributed by atoms with E-state index in [4.69, 9.17) is 9.47 Å². The third kappa shape index (κ3) is 6.94. The number of halogens is 1. The van der Waals surface area contributed by atoms with Crippen LogP contribution in [0.1, 0.15) is 41.9 Å². The van der Waals surface area contributed by atoms with Crippen LogP contribution >= 0.6 is 12.4 Å². The second-order valence-electron chi connectivity index (χ2n) is 10.0. The average molecular weight is 548 g/mol. The molecule has 2 heterocycles. The van der Waals surface area contributed by atoms with Crippen molar-refractivity contribution in [2.45, 2.75) is 31.7 Å². The summed E-state index contributed by atoms with van der Waals surface area (Å²) in [5, 5.41) is 4.33. The highest BCUT2D eigenvalue weighted by Gasteiger charge is 2.24. The summed E-state index contributed by atoms with van der Waals surface area (Å²) in [5.74, 6) is 1.32. The van der Waals surface area contributed by atoms with E-state index in [1.54, 1.807) is 14.2 Å². The predicted molar refractivity (Wildman–Crippen MR) is 159 cm³/mol. The quantitative estimate of drug-likeness (QED) is 0.255. The topological polar surface area (TPSA) is 55.7 Å². The maximum atomic E-state index is 13.3. The van der Waals surface area contributed by atoms with E-state index in [1.807, 2.05) is 24.3 Å². The number of nitrogens with zero attached hydrogens (tertiary/aromatic N) is 2. The summed E-state index contributed by atoms with van der Waals surface area (Å²) in [7, 11) is 3.31. The van der Waals surface area contributed by atoms with Crippen LogP contribution in [-0.2, 0) is 11.3 Å². The SMILES string of the molecule is COc1cc(OC)cc(C(CC(=O)NCCN2CCCC2)c2cn(Cc3ccccc3)c3ccccc23)c1.Cl. The van der Waals surface area contributed by atoms with Crippen LogP contribution in [0, 0.1) is 0 Å². The number of aromatic nitrogens is 1. The van der Waals surface area contributed by atoms with E-state index in [2.05, 4.69) is 69.5 Å². The van der Waals surface area contributed by atoms with Crippen LogP contribution in [-0.4, -0.2) is 55.8 Å². The maximum absolute atomic E-state index is 13.3. The number of fused-ring (bicyclic) bond motifs is 1. The number of methoxy groups -OCH3 is 2. The van der Waals surface area contributed by atoms with Gasteiger partial charge in [-0.15, -0.1) is 12.4 Å². The first kappa shape index (κ1) is 28.5. The Morgan fingerprint density at radius 3 is 2.28 bits per heavy atom. The molecule has 0 spiro atoms. The average Bonchev–Trinajstić information content (AvgIpc) is 3.60. The number of amides is 1. The van der Waals surface area contributed by atoms with Gasteiger partial charge in [0.25, 0.3) is 0 Å².